The smallest absolute Gasteiger partial charge is 0.0627 e. The number of fused-ring (bicyclic) bond motifs is 22. The first-order chi connectivity index (χ1) is 38.7. The van der Waals surface area contributed by atoms with Crippen LogP contribution in [0.5, 0.6) is 0 Å². The lowest BCUT2D eigenvalue weighted by Gasteiger charge is -2.10. The summed E-state index contributed by atoms with van der Waals surface area (Å²) >= 11 is 0. The minimum absolute atomic E-state index is 1.16. The third-order valence-corrected chi connectivity index (χ3v) is 17.7. The Kier molecular flexibility index (Phi) is 7.71. The van der Waals surface area contributed by atoms with Crippen LogP contribution in [0.25, 0.3) is 175 Å². The molecule has 0 amide bonds. The van der Waals surface area contributed by atoms with Crippen molar-refractivity contribution < 1.29 is 0 Å². The Bertz CT molecular complexity index is 5430. The monoisotopic (exact) mass is 986 g/mol. The normalized spacial score (nSPS) is 12.6. The van der Waals surface area contributed by atoms with Crippen LogP contribution in [0.1, 0.15) is 0 Å². The Labute approximate surface area is 445 Å². The summed E-state index contributed by atoms with van der Waals surface area (Å²) in [4.78, 5) is 0. The van der Waals surface area contributed by atoms with Crippen LogP contribution in [-0.2, 0) is 0 Å². The average molecular weight is 987 g/mol. The zero-order valence-electron chi connectivity index (χ0n) is 42.0. The Hall–Kier alpha value is -10.4. The van der Waals surface area contributed by atoms with Gasteiger partial charge in [-0.2, -0.15) is 0 Å². The van der Waals surface area contributed by atoms with Gasteiger partial charge in [-0.15, -0.1) is 0 Å². The van der Waals surface area contributed by atoms with E-state index in [4.69, 9.17) is 0 Å². The van der Waals surface area contributed by atoms with E-state index in [0.717, 1.165) is 11.4 Å². The van der Waals surface area contributed by atoms with E-state index in [1.165, 1.54) is 164 Å². The summed E-state index contributed by atoms with van der Waals surface area (Å²) in [6, 6.07) is 95.4. The van der Waals surface area contributed by atoms with Crippen molar-refractivity contribution >= 4 is 141 Å². The van der Waals surface area contributed by atoms with E-state index in [-0.39, 0.29) is 0 Å². The van der Waals surface area contributed by atoms with Gasteiger partial charge >= 0.3 is 0 Å². The zero-order valence-corrected chi connectivity index (χ0v) is 42.0. The van der Waals surface area contributed by atoms with Gasteiger partial charge in [-0.05, 0) is 118 Å². The van der Waals surface area contributed by atoms with Crippen molar-refractivity contribution in [2.24, 2.45) is 0 Å². The molecule has 0 atom stereocenters. The minimum atomic E-state index is 1.16. The first-order valence-electron chi connectivity index (χ1n) is 27.1. The first-order valence-corrected chi connectivity index (χ1v) is 27.1. The molecule has 0 aliphatic carbocycles. The predicted molar refractivity (Wildman–Crippen MR) is 330 cm³/mol. The van der Waals surface area contributed by atoms with Crippen LogP contribution in [0.4, 0.5) is 0 Å². The molecule has 0 bridgehead atoms. The maximum Gasteiger partial charge on any atom is 0.0627 e. The van der Waals surface area contributed by atoms with E-state index in [0.29, 0.717) is 0 Å². The van der Waals surface area contributed by atoms with Gasteiger partial charge in [0.05, 0.1) is 55.2 Å². The molecular weight excluding hydrogens is 945 g/mol. The fourth-order valence-corrected chi connectivity index (χ4v) is 14.6. The summed E-state index contributed by atoms with van der Waals surface area (Å²) in [7, 11) is 0. The Morgan fingerprint density at radius 3 is 1.05 bits per heavy atom. The number of hydrogen-bond donors (Lipinski definition) is 0. The van der Waals surface area contributed by atoms with E-state index >= 15 is 0 Å². The quantitative estimate of drug-likeness (QED) is 0.167. The molecule has 4 nitrogen and oxygen atoms in total. The topological polar surface area (TPSA) is 18.7 Å². The molecule has 0 radical (unpaired) electrons. The number of rotatable bonds is 4. The van der Waals surface area contributed by atoms with E-state index in [2.05, 4.69) is 273 Å². The molecule has 13 aromatic carbocycles. The molecule has 19 aromatic rings. The fraction of sp³-hybridized carbons (Fsp3) is 0. The summed E-state index contributed by atoms with van der Waals surface area (Å²) in [6.07, 6.45) is 0. The molecule has 0 saturated carbocycles. The second-order valence-corrected chi connectivity index (χ2v) is 21.5. The van der Waals surface area contributed by atoms with E-state index in [1.54, 1.807) is 0 Å². The summed E-state index contributed by atoms with van der Waals surface area (Å²) in [5.74, 6) is 0. The van der Waals surface area contributed by atoms with Crippen LogP contribution >= 0.6 is 0 Å². The predicted octanol–water partition coefficient (Wildman–Crippen LogP) is 19.8. The maximum absolute atomic E-state index is 2.63. The van der Waals surface area contributed by atoms with Gasteiger partial charge in [0.15, 0.2) is 0 Å². The molecule has 0 N–H and O–H groups in total. The molecule has 78 heavy (non-hydrogen) atoms. The SMILES string of the molecule is c1ccc(-n2c3ccccc3c3cc(-c4cccc5c6cc7ccccc7c7c8cc9c(cc8n(c45)c67)c4c5ccccc5cc5c6cccc(-c7ccc8c(c7)c7ccccc7n8-c7ccccc7)c6n9c54)ccc32)cc1. The molecule has 19 rings (SSSR count). The van der Waals surface area contributed by atoms with Gasteiger partial charge in [-0.1, -0.05) is 170 Å². The minimum Gasteiger partial charge on any atom is -0.309 e. The van der Waals surface area contributed by atoms with Gasteiger partial charge in [0.1, 0.15) is 0 Å². The maximum atomic E-state index is 2.63. The van der Waals surface area contributed by atoms with Crippen molar-refractivity contribution in [3.8, 4) is 33.6 Å². The van der Waals surface area contributed by atoms with Crippen molar-refractivity contribution in [1.82, 2.24) is 17.9 Å². The molecule has 358 valence electrons. The summed E-state index contributed by atoms with van der Waals surface area (Å²) in [5, 5.41) is 20.3. The Morgan fingerprint density at radius 2 is 0.590 bits per heavy atom. The number of para-hydroxylation sites is 6. The van der Waals surface area contributed by atoms with Crippen molar-refractivity contribution in [3.63, 3.8) is 0 Å². The van der Waals surface area contributed by atoms with Crippen molar-refractivity contribution in [3.05, 3.63) is 255 Å². The zero-order chi connectivity index (χ0) is 50.5. The fourth-order valence-electron chi connectivity index (χ4n) is 14.6. The number of benzene rings is 13. The van der Waals surface area contributed by atoms with E-state index in [9.17, 15) is 0 Å². The van der Waals surface area contributed by atoms with Crippen LogP contribution in [0.2, 0.25) is 0 Å². The van der Waals surface area contributed by atoms with Gasteiger partial charge in [0.2, 0.25) is 0 Å². The third kappa shape index (κ3) is 5.10. The van der Waals surface area contributed by atoms with Crippen LogP contribution in [-0.4, -0.2) is 17.9 Å². The number of hydrogen-bond acceptors (Lipinski definition) is 0. The molecular formula is C74H42N4. The van der Waals surface area contributed by atoms with Gasteiger partial charge < -0.3 is 17.9 Å². The van der Waals surface area contributed by atoms with Gasteiger partial charge in [-0.3, -0.25) is 0 Å². The molecule has 0 spiro atoms. The molecule has 0 aliphatic heterocycles. The van der Waals surface area contributed by atoms with Crippen LogP contribution in [0, 0.1) is 0 Å². The van der Waals surface area contributed by atoms with Crippen molar-refractivity contribution in [2.45, 2.75) is 0 Å². The molecule has 0 unspecified atom stereocenters. The van der Waals surface area contributed by atoms with Crippen LogP contribution in [0.15, 0.2) is 255 Å². The Balaban J connectivity index is 0.936. The highest BCUT2D eigenvalue weighted by Gasteiger charge is 2.28. The summed E-state index contributed by atoms with van der Waals surface area (Å²) in [5.41, 5.74) is 19.5. The molecule has 6 heterocycles. The second kappa shape index (κ2) is 14.7. The van der Waals surface area contributed by atoms with E-state index in [1.807, 2.05) is 0 Å². The molecule has 4 heteroatoms. The molecule has 0 fully saturated rings. The standard InChI is InChI=1S/C74H42N4/c1-3-19-47(20-4-1)75-63-31-13-11-25-53(63)57-37-45(33-35-65(57)75)51-27-15-29-55-59-39-43-17-7-9-23-49(43)69-61-42-68-62(41-67(61)77(71(51)55)73(59)69)70-50-24-10-8-18-44(50)40-60-56-30-16-28-52(72(56)78(68)74(60)70)46-34-36-66-58(38-46)54-26-12-14-32-64(54)76(66)48-21-5-2-6-22-48/h1-42H. The lowest BCUT2D eigenvalue weighted by molar-refractivity contribution is 1.18. The lowest BCUT2D eigenvalue weighted by Crippen LogP contribution is -1.93. The summed E-state index contributed by atoms with van der Waals surface area (Å²) < 4.78 is 10.1. The highest BCUT2D eigenvalue weighted by molar-refractivity contribution is 6.37. The first kappa shape index (κ1) is 40.9. The largest absolute Gasteiger partial charge is 0.309 e. The van der Waals surface area contributed by atoms with E-state index < -0.39 is 0 Å². The molecule has 0 aliphatic rings. The van der Waals surface area contributed by atoms with Crippen molar-refractivity contribution in [1.29, 1.82) is 0 Å². The average Bonchev–Trinajstić information content (AvgIpc) is 3.99. The lowest BCUT2D eigenvalue weighted by atomic mass is 9.96. The highest BCUT2D eigenvalue weighted by atomic mass is 15.0. The van der Waals surface area contributed by atoms with Crippen molar-refractivity contribution in [2.75, 3.05) is 0 Å². The number of aromatic nitrogens is 4. The number of nitrogens with zero attached hydrogens (tertiary/aromatic N) is 4. The van der Waals surface area contributed by atoms with Gasteiger partial charge in [0.25, 0.3) is 0 Å². The molecule has 0 saturated heterocycles. The van der Waals surface area contributed by atoms with Gasteiger partial charge in [-0.25, -0.2) is 0 Å². The third-order valence-electron chi connectivity index (χ3n) is 17.7. The van der Waals surface area contributed by atoms with Crippen LogP contribution < -0.4 is 0 Å². The Morgan fingerprint density at radius 1 is 0.205 bits per heavy atom. The second-order valence-electron chi connectivity index (χ2n) is 21.5. The highest BCUT2D eigenvalue weighted by Crippen LogP contribution is 2.51. The van der Waals surface area contributed by atoms with Crippen LogP contribution in [0.3, 0.4) is 0 Å². The molecule has 6 aromatic heterocycles. The van der Waals surface area contributed by atoms with Gasteiger partial charge in [0, 0.05) is 87.1 Å². The summed E-state index contributed by atoms with van der Waals surface area (Å²) in [6.45, 7) is 0.